The second-order valence-corrected chi connectivity index (χ2v) is 7.03. The van der Waals surface area contributed by atoms with Crippen LogP contribution in [0.3, 0.4) is 0 Å². The van der Waals surface area contributed by atoms with Gasteiger partial charge in [0.15, 0.2) is 0 Å². The maximum Gasteiger partial charge on any atom is 0.248 e. The first kappa shape index (κ1) is 17.2. The van der Waals surface area contributed by atoms with Crippen LogP contribution in [0.2, 0.25) is 0 Å². The first-order valence-corrected chi connectivity index (χ1v) is 9.00. The molecule has 0 aliphatic heterocycles. The third kappa shape index (κ3) is 3.72. The number of carbonyl (C=O) groups is 1. The van der Waals surface area contributed by atoms with E-state index in [1.54, 1.807) is 17.4 Å². The fourth-order valence-corrected chi connectivity index (χ4v) is 3.45. The van der Waals surface area contributed by atoms with Crippen molar-refractivity contribution in [3.63, 3.8) is 0 Å². The lowest BCUT2D eigenvalue weighted by molar-refractivity contribution is -0.111. The molecule has 1 N–H and O–H groups in total. The van der Waals surface area contributed by atoms with Gasteiger partial charge in [-0.25, -0.2) is 4.68 Å². The largest absolute Gasteiger partial charge is 0.319 e. The zero-order valence-corrected chi connectivity index (χ0v) is 15.6. The summed E-state index contributed by atoms with van der Waals surface area (Å²) in [7, 11) is 0. The molecule has 2 aromatic heterocycles. The van der Waals surface area contributed by atoms with Crippen LogP contribution in [0.5, 0.6) is 0 Å². The summed E-state index contributed by atoms with van der Waals surface area (Å²) < 4.78 is 1.86. The van der Waals surface area contributed by atoms with E-state index in [0.717, 1.165) is 27.6 Å². The van der Waals surface area contributed by atoms with Crippen molar-refractivity contribution < 1.29 is 4.79 Å². The predicted octanol–water partition coefficient (Wildman–Crippen LogP) is 4.82. The van der Waals surface area contributed by atoms with E-state index in [2.05, 4.69) is 29.5 Å². The number of aromatic nitrogens is 2. The monoisotopic (exact) mass is 351 g/mol. The number of aryl methyl sites for hydroxylation is 3. The van der Waals surface area contributed by atoms with Crippen LogP contribution in [-0.2, 0) is 4.79 Å². The van der Waals surface area contributed by atoms with E-state index in [9.17, 15) is 4.79 Å². The molecule has 25 heavy (non-hydrogen) atoms. The summed E-state index contributed by atoms with van der Waals surface area (Å²) in [5, 5.41) is 9.55. The van der Waals surface area contributed by atoms with Crippen LogP contribution in [0.25, 0.3) is 11.8 Å². The Hall–Kier alpha value is -2.66. The number of carbonyl (C=O) groups excluding carboxylic acids is 1. The number of amides is 1. The van der Waals surface area contributed by atoms with Crippen molar-refractivity contribution >= 4 is 29.0 Å². The molecular formula is C20H21N3OS. The molecule has 1 aromatic carbocycles. The Kier molecular flexibility index (Phi) is 4.86. The zero-order chi connectivity index (χ0) is 18.0. The highest BCUT2D eigenvalue weighted by atomic mass is 32.1. The van der Waals surface area contributed by atoms with Gasteiger partial charge >= 0.3 is 0 Å². The maximum absolute atomic E-state index is 12.3. The van der Waals surface area contributed by atoms with Crippen LogP contribution in [-0.4, -0.2) is 15.7 Å². The molecule has 0 aliphatic carbocycles. The van der Waals surface area contributed by atoms with Crippen LogP contribution in [0.4, 0.5) is 5.69 Å². The first-order chi connectivity index (χ1) is 12.0. The molecule has 0 bridgehead atoms. The van der Waals surface area contributed by atoms with Gasteiger partial charge in [-0.05, 0) is 62.9 Å². The van der Waals surface area contributed by atoms with Crippen molar-refractivity contribution in [2.24, 2.45) is 0 Å². The molecule has 5 heteroatoms. The molecule has 0 saturated heterocycles. The molecule has 0 radical (unpaired) electrons. The number of thiophene rings is 1. The van der Waals surface area contributed by atoms with Gasteiger partial charge in [0.2, 0.25) is 5.91 Å². The summed E-state index contributed by atoms with van der Waals surface area (Å²) in [6.45, 7) is 7.95. The van der Waals surface area contributed by atoms with Crippen LogP contribution >= 0.6 is 11.3 Å². The van der Waals surface area contributed by atoms with Gasteiger partial charge in [-0.3, -0.25) is 4.79 Å². The highest BCUT2D eigenvalue weighted by Crippen LogP contribution is 2.23. The highest BCUT2D eigenvalue weighted by molar-refractivity contribution is 7.11. The SMILES string of the molecule is Cc1ccc(-n2nc(C)c(NC(=O)/C=C/c3sccc3C)c2C)cc1. The Morgan fingerprint density at radius 2 is 1.84 bits per heavy atom. The molecule has 1 amide bonds. The van der Waals surface area contributed by atoms with E-state index in [1.165, 1.54) is 11.1 Å². The van der Waals surface area contributed by atoms with E-state index >= 15 is 0 Å². The number of nitrogens with zero attached hydrogens (tertiary/aromatic N) is 2. The maximum atomic E-state index is 12.3. The number of anilines is 1. The second-order valence-electron chi connectivity index (χ2n) is 6.08. The van der Waals surface area contributed by atoms with E-state index < -0.39 is 0 Å². The smallest absolute Gasteiger partial charge is 0.248 e. The second kappa shape index (κ2) is 7.07. The van der Waals surface area contributed by atoms with E-state index in [4.69, 9.17) is 0 Å². The molecule has 0 unspecified atom stereocenters. The predicted molar refractivity (Wildman–Crippen MR) is 104 cm³/mol. The van der Waals surface area contributed by atoms with E-state index in [-0.39, 0.29) is 5.91 Å². The van der Waals surface area contributed by atoms with Crippen molar-refractivity contribution in [3.05, 3.63) is 69.2 Å². The Labute approximate surface area is 151 Å². The quantitative estimate of drug-likeness (QED) is 0.685. The molecule has 4 nitrogen and oxygen atoms in total. The van der Waals surface area contributed by atoms with Gasteiger partial charge in [0.25, 0.3) is 0 Å². The van der Waals surface area contributed by atoms with Gasteiger partial charge in [-0.2, -0.15) is 5.10 Å². The Morgan fingerprint density at radius 3 is 2.48 bits per heavy atom. The topological polar surface area (TPSA) is 46.9 Å². The molecule has 128 valence electrons. The first-order valence-electron chi connectivity index (χ1n) is 8.12. The summed E-state index contributed by atoms with van der Waals surface area (Å²) in [4.78, 5) is 13.4. The van der Waals surface area contributed by atoms with Crippen LogP contribution < -0.4 is 5.32 Å². The van der Waals surface area contributed by atoms with Gasteiger partial charge < -0.3 is 5.32 Å². The molecule has 0 aliphatic rings. The van der Waals surface area contributed by atoms with Gasteiger partial charge in [0, 0.05) is 11.0 Å². The summed E-state index contributed by atoms with van der Waals surface area (Å²) in [5.74, 6) is -0.151. The number of hydrogen-bond acceptors (Lipinski definition) is 3. The molecular weight excluding hydrogens is 330 g/mol. The fraction of sp³-hybridized carbons (Fsp3) is 0.200. The fourth-order valence-electron chi connectivity index (χ4n) is 2.63. The van der Waals surface area contributed by atoms with Crippen molar-refractivity contribution in [1.82, 2.24) is 9.78 Å². The molecule has 3 aromatic rings. The standard InChI is InChI=1S/C20H21N3OS/c1-13-5-7-17(8-6-13)23-16(4)20(15(3)22-23)21-19(24)10-9-18-14(2)11-12-25-18/h5-12H,1-4H3,(H,21,24)/b10-9+. The van der Waals surface area contributed by atoms with Gasteiger partial charge in [0.05, 0.1) is 22.8 Å². The van der Waals surface area contributed by atoms with Crippen molar-refractivity contribution in [3.8, 4) is 5.69 Å². The lowest BCUT2D eigenvalue weighted by atomic mass is 10.2. The average Bonchev–Trinajstić information content (AvgIpc) is 3.12. The lowest BCUT2D eigenvalue weighted by Crippen LogP contribution is -2.09. The minimum Gasteiger partial charge on any atom is -0.319 e. The highest BCUT2D eigenvalue weighted by Gasteiger charge is 2.14. The Balaban J connectivity index is 1.81. The summed E-state index contributed by atoms with van der Waals surface area (Å²) in [6, 6.07) is 10.2. The normalized spacial score (nSPS) is 11.2. The third-order valence-electron chi connectivity index (χ3n) is 4.11. The number of nitrogens with one attached hydrogen (secondary N) is 1. The summed E-state index contributed by atoms with van der Waals surface area (Å²) >= 11 is 1.62. The van der Waals surface area contributed by atoms with Crippen molar-refractivity contribution in [1.29, 1.82) is 0 Å². The van der Waals surface area contributed by atoms with Gasteiger partial charge in [-0.1, -0.05) is 17.7 Å². The molecule has 0 atom stereocenters. The van der Waals surface area contributed by atoms with Crippen molar-refractivity contribution in [2.45, 2.75) is 27.7 Å². The number of hydrogen-bond donors (Lipinski definition) is 1. The Bertz CT molecular complexity index is 933. The summed E-state index contributed by atoms with van der Waals surface area (Å²) in [6.07, 6.45) is 3.42. The van der Waals surface area contributed by atoms with E-state index in [1.807, 2.05) is 55.1 Å². The van der Waals surface area contributed by atoms with Gasteiger partial charge in [-0.15, -0.1) is 11.3 Å². The number of rotatable bonds is 4. The van der Waals surface area contributed by atoms with Crippen LogP contribution in [0.1, 0.15) is 27.4 Å². The van der Waals surface area contributed by atoms with Crippen molar-refractivity contribution in [2.75, 3.05) is 5.32 Å². The van der Waals surface area contributed by atoms with Crippen LogP contribution in [0, 0.1) is 27.7 Å². The number of benzene rings is 1. The molecule has 0 fully saturated rings. The zero-order valence-electron chi connectivity index (χ0n) is 14.8. The lowest BCUT2D eigenvalue weighted by Gasteiger charge is -2.06. The minimum absolute atomic E-state index is 0.151. The minimum atomic E-state index is -0.151. The van der Waals surface area contributed by atoms with Crippen LogP contribution in [0.15, 0.2) is 41.8 Å². The van der Waals surface area contributed by atoms with Gasteiger partial charge in [0.1, 0.15) is 0 Å². The molecule has 3 rings (SSSR count). The summed E-state index contributed by atoms with van der Waals surface area (Å²) in [5.41, 5.74) is 5.83. The Morgan fingerprint density at radius 1 is 1.12 bits per heavy atom. The molecule has 2 heterocycles. The molecule has 0 spiro atoms. The molecule has 0 saturated carbocycles. The average molecular weight is 351 g/mol. The van der Waals surface area contributed by atoms with E-state index in [0.29, 0.717) is 0 Å². The third-order valence-corrected chi connectivity index (χ3v) is 5.09.